The van der Waals surface area contributed by atoms with Crippen LogP contribution in [0.3, 0.4) is 0 Å². The number of nitrogens with one attached hydrogen (secondary N) is 2. The molecule has 5 aromatic rings. The number of rotatable bonds is 9. The summed E-state index contributed by atoms with van der Waals surface area (Å²) in [6, 6.07) is 9.67. The van der Waals surface area contributed by atoms with Crippen LogP contribution in [-0.4, -0.2) is 64.0 Å². The molecule has 0 spiro atoms. The molecule has 2 aromatic carbocycles. The van der Waals surface area contributed by atoms with E-state index in [0.717, 1.165) is 43.6 Å². The van der Waals surface area contributed by atoms with Crippen molar-refractivity contribution in [3.8, 4) is 22.6 Å². The highest BCUT2D eigenvalue weighted by atomic mass is 35.5. The number of fused-ring (bicyclic) bond motifs is 3. The molecule has 0 radical (unpaired) electrons. The first-order valence-electron chi connectivity index (χ1n) is 15.1. The Morgan fingerprint density at radius 1 is 1.04 bits per heavy atom. The Bertz CT molecular complexity index is 1940. The Hall–Kier alpha value is -4.38. The molecule has 1 aliphatic heterocycles. The number of carbonyl (C=O) groups is 1. The van der Waals surface area contributed by atoms with Gasteiger partial charge in [-0.05, 0) is 75.2 Å². The molecule has 1 saturated heterocycles. The minimum atomic E-state index is -0.296. The lowest BCUT2D eigenvalue weighted by atomic mass is 9.89. The van der Waals surface area contributed by atoms with Crippen molar-refractivity contribution in [1.82, 2.24) is 24.3 Å². The third-order valence-corrected chi connectivity index (χ3v) is 9.22. The summed E-state index contributed by atoms with van der Waals surface area (Å²) < 4.78 is 12.9. The van der Waals surface area contributed by atoms with Gasteiger partial charge in [0.25, 0.3) is 0 Å². The van der Waals surface area contributed by atoms with Crippen LogP contribution in [0.1, 0.15) is 36.9 Å². The van der Waals surface area contributed by atoms with Gasteiger partial charge in [-0.2, -0.15) is 4.98 Å². The fourth-order valence-corrected chi connectivity index (χ4v) is 6.73. The fraction of sp³-hybridized carbons (Fsp3) is 0.294. The molecule has 0 saturated carbocycles. The summed E-state index contributed by atoms with van der Waals surface area (Å²) in [7, 11) is 3.07. The number of aromatic nitrogens is 4. The van der Waals surface area contributed by atoms with Crippen LogP contribution in [-0.2, 0) is 4.79 Å². The van der Waals surface area contributed by atoms with E-state index in [1.54, 1.807) is 12.3 Å². The van der Waals surface area contributed by atoms with Crippen molar-refractivity contribution >= 4 is 63.1 Å². The minimum absolute atomic E-state index is 0.296. The van der Waals surface area contributed by atoms with Crippen LogP contribution in [0, 0.1) is 6.92 Å². The van der Waals surface area contributed by atoms with Crippen molar-refractivity contribution < 1.29 is 14.3 Å². The summed E-state index contributed by atoms with van der Waals surface area (Å²) in [5.74, 6) is 1.32. The summed E-state index contributed by atoms with van der Waals surface area (Å²) >= 11 is 13.6. The number of benzene rings is 2. The molecule has 0 bridgehead atoms. The molecule has 4 heterocycles. The van der Waals surface area contributed by atoms with Gasteiger partial charge in [0.15, 0.2) is 5.65 Å². The lowest BCUT2D eigenvalue weighted by Crippen LogP contribution is -2.32. The lowest BCUT2D eigenvalue weighted by Gasteiger charge is -2.31. The molecular weight excluding hydrogens is 625 g/mol. The number of likely N-dealkylation sites (tertiary alicyclic amines) is 1. The number of hydrogen-bond acceptors (Lipinski definition) is 8. The van der Waals surface area contributed by atoms with Gasteiger partial charge < -0.3 is 25.0 Å². The zero-order valence-corrected chi connectivity index (χ0v) is 27.7. The molecular formula is C34H35Cl2N7O3. The number of ether oxygens (including phenoxy) is 2. The van der Waals surface area contributed by atoms with Gasteiger partial charge in [-0.25, -0.2) is 9.97 Å². The van der Waals surface area contributed by atoms with E-state index in [9.17, 15) is 4.79 Å². The van der Waals surface area contributed by atoms with Crippen LogP contribution in [0.15, 0.2) is 55.4 Å². The summed E-state index contributed by atoms with van der Waals surface area (Å²) in [6.07, 6.45) is 7.02. The molecule has 1 fully saturated rings. The second-order valence-electron chi connectivity index (χ2n) is 11.2. The van der Waals surface area contributed by atoms with Crippen LogP contribution < -0.4 is 20.1 Å². The summed E-state index contributed by atoms with van der Waals surface area (Å²) in [6.45, 7) is 10.9. The number of carbonyl (C=O) groups excluding carboxylic acids is 1. The van der Waals surface area contributed by atoms with Gasteiger partial charge >= 0.3 is 0 Å². The molecule has 0 atom stereocenters. The Kier molecular flexibility index (Phi) is 9.04. The summed E-state index contributed by atoms with van der Waals surface area (Å²) in [5.41, 5.74) is 5.70. The summed E-state index contributed by atoms with van der Waals surface area (Å²) in [5, 5.41) is 7.68. The highest BCUT2D eigenvalue weighted by molar-refractivity contribution is 6.41. The Morgan fingerprint density at radius 2 is 1.76 bits per heavy atom. The first-order valence-corrected chi connectivity index (χ1v) is 15.8. The molecule has 238 valence electrons. The maximum atomic E-state index is 12.4. The molecule has 12 heteroatoms. The third-order valence-electron chi connectivity index (χ3n) is 8.47. The Labute approximate surface area is 277 Å². The van der Waals surface area contributed by atoms with Crippen LogP contribution in [0.25, 0.3) is 27.8 Å². The SMILES string of the molecule is C=CC(=O)Nc1cc(C2CCN(CC)CC2)ccc1Nc1ncc2cc(-c3c(Cl)c(OC)cc(OC)c3Cl)c3nc(C)cn3c2n1. The lowest BCUT2D eigenvalue weighted by molar-refractivity contribution is -0.111. The third kappa shape index (κ3) is 5.95. The maximum absolute atomic E-state index is 12.4. The van der Waals surface area contributed by atoms with Crippen molar-refractivity contribution in [2.45, 2.75) is 32.6 Å². The highest BCUT2D eigenvalue weighted by Crippen LogP contribution is 2.47. The normalized spacial score (nSPS) is 14.0. The largest absolute Gasteiger partial charge is 0.495 e. The number of nitrogens with zero attached hydrogens (tertiary/aromatic N) is 5. The van der Waals surface area contributed by atoms with Crippen molar-refractivity contribution in [2.75, 3.05) is 44.5 Å². The molecule has 1 amide bonds. The molecule has 6 rings (SSSR count). The van der Waals surface area contributed by atoms with Gasteiger partial charge in [0, 0.05) is 35.0 Å². The van der Waals surface area contributed by atoms with Crippen LogP contribution in [0.4, 0.5) is 17.3 Å². The monoisotopic (exact) mass is 659 g/mol. The first-order chi connectivity index (χ1) is 22.2. The van der Waals surface area contributed by atoms with Gasteiger partial charge in [0.05, 0.1) is 41.3 Å². The number of piperidine rings is 1. The molecule has 0 unspecified atom stereocenters. The van der Waals surface area contributed by atoms with Crippen LogP contribution in [0.2, 0.25) is 10.0 Å². The predicted octanol–water partition coefficient (Wildman–Crippen LogP) is 7.64. The molecule has 46 heavy (non-hydrogen) atoms. The maximum Gasteiger partial charge on any atom is 0.247 e. The molecule has 1 aliphatic rings. The topological polar surface area (TPSA) is 106 Å². The van der Waals surface area contributed by atoms with Gasteiger partial charge in [-0.15, -0.1) is 0 Å². The van der Waals surface area contributed by atoms with Gasteiger partial charge in [-0.1, -0.05) is 42.8 Å². The van der Waals surface area contributed by atoms with Crippen molar-refractivity contribution in [2.24, 2.45) is 0 Å². The Balaban J connectivity index is 1.41. The number of methoxy groups -OCH3 is 2. The number of anilines is 3. The van der Waals surface area contributed by atoms with Crippen molar-refractivity contribution in [3.63, 3.8) is 0 Å². The number of aryl methyl sites for hydroxylation is 1. The number of halogens is 2. The molecule has 0 aliphatic carbocycles. The van der Waals surface area contributed by atoms with E-state index in [4.69, 9.17) is 42.6 Å². The number of amides is 1. The fourth-order valence-electron chi connectivity index (χ4n) is 6.03. The van der Waals surface area contributed by atoms with E-state index in [2.05, 4.69) is 40.1 Å². The van der Waals surface area contributed by atoms with E-state index in [-0.39, 0.29) is 5.91 Å². The minimum Gasteiger partial charge on any atom is -0.495 e. The molecule has 2 N–H and O–H groups in total. The van der Waals surface area contributed by atoms with E-state index in [1.807, 2.05) is 35.7 Å². The van der Waals surface area contributed by atoms with Crippen LogP contribution in [0.5, 0.6) is 11.5 Å². The first kappa shape index (κ1) is 31.6. The standard InChI is InChI=1S/C34H35Cl2N7O3/c1-6-28(44)39-25-15-21(20-10-12-42(7-2)13-11-20)8-9-24(25)40-34-37-17-22-14-23(33-38-19(3)18-43(33)32(22)41-34)29-30(35)26(45-4)16-27(46-5)31(29)36/h6,8-9,14-18,20H,1,7,10-13H2,2-5H3,(H,39,44)(H,37,40,41). The zero-order chi connectivity index (χ0) is 32.5. The quantitative estimate of drug-likeness (QED) is 0.156. The highest BCUT2D eigenvalue weighted by Gasteiger charge is 2.24. The molecule has 10 nitrogen and oxygen atoms in total. The van der Waals surface area contributed by atoms with Gasteiger partial charge in [-0.3, -0.25) is 9.20 Å². The number of imidazole rings is 1. The van der Waals surface area contributed by atoms with E-state index in [0.29, 0.717) is 67.2 Å². The van der Waals surface area contributed by atoms with Crippen LogP contribution >= 0.6 is 23.2 Å². The summed E-state index contributed by atoms with van der Waals surface area (Å²) in [4.78, 5) is 29.2. The zero-order valence-electron chi connectivity index (χ0n) is 26.2. The van der Waals surface area contributed by atoms with E-state index in [1.165, 1.54) is 25.9 Å². The average Bonchev–Trinajstić information content (AvgIpc) is 3.47. The van der Waals surface area contributed by atoms with Gasteiger partial charge in [0.1, 0.15) is 17.1 Å². The Morgan fingerprint density at radius 3 is 2.41 bits per heavy atom. The van der Waals surface area contributed by atoms with E-state index >= 15 is 0 Å². The molecule has 3 aromatic heterocycles. The smallest absolute Gasteiger partial charge is 0.247 e. The van der Waals surface area contributed by atoms with Crippen molar-refractivity contribution in [3.05, 3.63) is 76.7 Å². The van der Waals surface area contributed by atoms with E-state index < -0.39 is 0 Å². The average molecular weight is 661 g/mol. The van der Waals surface area contributed by atoms with Crippen molar-refractivity contribution in [1.29, 1.82) is 0 Å². The second kappa shape index (κ2) is 13.2. The number of pyridine rings is 1. The van der Waals surface area contributed by atoms with Gasteiger partial charge in [0.2, 0.25) is 11.9 Å². The second-order valence-corrected chi connectivity index (χ2v) is 12.0. The number of hydrogen-bond donors (Lipinski definition) is 2. The predicted molar refractivity (Wildman–Crippen MR) is 184 cm³/mol.